The van der Waals surface area contributed by atoms with E-state index in [-0.39, 0.29) is 6.04 Å². The van der Waals surface area contributed by atoms with Crippen molar-refractivity contribution in [2.24, 2.45) is 0 Å². The molecule has 1 atom stereocenters. The molecule has 1 aromatic carbocycles. The number of anilines is 2. The molecule has 0 aliphatic heterocycles. The molecular formula is C15H15BrN4O. The Hall–Kier alpha value is -2.08. The zero-order valence-corrected chi connectivity index (χ0v) is 13.3. The first-order valence-electron chi connectivity index (χ1n) is 6.57. The number of nitrogens with two attached hydrogens (primary N) is 1. The summed E-state index contributed by atoms with van der Waals surface area (Å²) in [6.45, 7) is 3.85. The van der Waals surface area contributed by atoms with Gasteiger partial charge in [-0.25, -0.2) is 4.98 Å². The van der Waals surface area contributed by atoms with E-state index in [4.69, 9.17) is 10.2 Å². The molecule has 21 heavy (non-hydrogen) atoms. The summed E-state index contributed by atoms with van der Waals surface area (Å²) in [5.74, 6) is 1.42. The molecule has 0 amide bonds. The Labute approximate surface area is 130 Å². The van der Waals surface area contributed by atoms with E-state index in [1.54, 1.807) is 12.4 Å². The van der Waals surface area contributed by atoms with E-state index < -0.39 is 0 Å². The minimum absolute atomic E-state index is 0.0921. The summed E-state index contributed by atoms with van der Waals surface area (Å²) in [5, 5.41) is 4.33. The Morgan fingerprint density at radius 1 is 1.29 bits per heavy atom. The summed E-state index contributed by atoms with van der Waals surface area (Å²) in [6.07, 6.45) is 3.37. The van der Waals surface area contributed by atoms with Crippen LogP contribution < -0.4 is 11.1 Å². The van der Waals surface area contributed by atoms with Gasteiger partial charge in [0, 0.05) is 9.86 Å². The highest BCUT2D eigenvalue weighted by Gasteiger charge is 2.15. The first-order valence-corrected chi connectivity index (χ1v) is 7.36. The molecule has 1 unspecified atom stereocenters. The number of halogens is 1. The van der Waals surface area contributed by atoms with Crippen LogP contribution in [0.1, 0.15) is 24.6 Å². The van der Waals surface area contributed by atoms with Crippen LogP contribution >= 0.6 is 15.9 Å². The standard InChI is InChI=1S/C15H15BrN4O/c1-8-6-19-15(21-8)9(2)20-14-11-5-10(16)3-4-13(11)18-7-12(14)17/h3-7,9H,17H2,1-2H3,(H,18,20). The van der Waals surface area contributed by atoms with Crippen molar-refractivity contribution >= 4 is 38.2 Å². The Bertz CT molecular complexity index is 794. The van der Waals surface area contributed by atoms with E-state index in [1.807, 2.05) is 32.0 Å². The molecule has 0 saturated carbocycles. The van der Waals surface area contributed by atoms with Gasteiger partial charge in [-0.05, 0) is 32.0 Å². The van der Waals surface area contributed by atoms with Crippen molar-refractivity contribution in [2.75, 3.05) is 11.1 Å². The average molecular weight is 347 g/mol. The molecule has 0 radical (unpaired) electrons. The second-order valence-corrected chi connectivity index (χ2v) is 5.84. The van der Waals surface area contributed by atoms with Crippen LogP contribution in [0.4, 0.5) is 11.4 Å². The molecule has 3 aromatic rings. The van der Waals surface area contributed by atoms with Gasteiger partial charge in [0.05, 0.1) is 29.3 Å². The van der Waals surface area contributed by atoms with E-state index >= 15 is 0 Å². The lowest BCUT2D eigenvalue weighted by atomic mass is 10.1. The maximum absolute atomic E-state index is 6.08. The molecule has 0 saturated heterocycles. The van der Waals surface area contributed by atoms with Crippen molar-refractivity contribution in [1.82, 2.24) is 9.97 Å². The van der Waals surface area contributed by atoms with Gasteiger partial charge < -0.3 is 15.5 Å². The maximum atomic E-state index is 6.08. The first-order chi connectivity index (χ1) is 10.0. The van der Waals surface area contributed by atoms with Crippen LogP contribution in [0.25, 0.3) is 10.9 Å². The van der Waals surface area contributed by atoms with Crippen molar-refractivity contribution in [3.8, 4) is 0 Å². The maximum Gasteiger partial charge on any atom is 0.216 e. The summed E-state index contributed by atoms with van der Waals surface area (Å²) in [6, 6.07) is 5.81. The van der Waals surface area contributed by atoms with Crippen molar-refractivity contribution in [2.45, 2.75) is 19.9 Å². The number of hydrogen-bond acceptors (Lipinski definition) is 5. The molecule has 0 fully saturated rings. The van der Waals surface area contributed by atoms with E-state index in [0.717, 1.165) is 26.8 Å². The Morgan fingerprint density at radius 3 is 2.81 bits per heavy atom. The van der Waals surface area contributed by atoms with E-state index in [9.17, 15) is 0 Å². The lowest BCUT2D eigenvalue weighted by Gasteiger charge is -2.16. The largest absolute Gasteiger partial charge is 0.444 e. The van der Waals surface area contributed by atoms with Gasteiger partial charge in [-0.15, -0.1) is 0 Å². The highest BCUT2D eigenvalue weighted by atomic mass is 79.9. The zero-order chi connectivity index (χ0) is 15.0. The average Bonchev–Trinajstić information content (AvgIpc) is 2.89. The summed E-state index contributed by atoms with van der Waals surface area (Å²) in [5.41, 5.74) is 8.39. The third-order valence-corrected chi connectivity index (χ3v) is 3.72. The number of nitrogens with zero attached hydrogens (tertiary/aromatic N) is 2. The molecule has 6 heteroatoms. The number of hydrogen-bond donors (Lipinski definition) is 2. The first kappa shape index (κ1) is 13.9. The highest BCUT2D eigenvalue weighted by molar-refractivity contribution is 9.10. The van der Waals surface area contributed by atoms with Crippen molar-refractivity contribution in [3.63, 3.8) is 0 Å². The van der Waals surface area contributed by atoms with Crippen molar-refractivity contribution in [1.29, 1.82) is 0 Å². The van der Waals surface area contributed by atoms with E-state index in [1.165, 1.54) is 0 Å². The molecule has 108 valence electrons. The van der Waals surface area contributed by atoms with Crippen LogP contribution in [0, 0.1) is 6.92 Å². The number of benzene rings is 1. The van der Waals surface area contributed by atoms with Crippen molar-refractivity contribution < 1.29 is 4.42 Å². The van der Waals surface area contributed by atoms with Crippen LogP contribution in [0.2, 0.25) is 0 Å². The molecule has 3 N–H and O–H groups in total. The zero-order valence-electron chi connectivity index (χ0n) is 11.7. The minimum Gasteiger partial charge on any atom is -0.444 e. The predicted octanol–water partition coefficient (Wildman–Crippen LogP) is 4.05. The van der Waals surface area contributed by atoms with Gasteiger partial charge in [0.25, 0.3) is 0 Å². The number of rotatable bonds is 3. The highest BCUT2D eigenvalue weighted by Crippen LogP contribution is 2.32. The van der Waals surface area contributed by atoms with Gasteiger partial charge in [-0.1, -0.05) is 15.9 Å². The van der Waals surface area contributed by atoms with E-state index in [0.29, 0.717) is 11.6 Å². The molecule has 0 spiro atoms. The lowest BCUT2D eigenvalue weighted by molar-refractivity contribution is 0.454. The van der Waals surface area contributed by atoms with Crippen LogP contribution in [0.3, 0.4) is 0 Å². The number of nitrogens with one attached hydrogen (secondary N) is 1. The monoisotopic (exact) mass is 346 g/mol. The van der Waals surface area contributed by atoms with Crippen molar-refractivity contribution in [3.05, 3.63) is 46.7 Å². The molecule has 0 aliphatic rings. The van der Waals surface area contributed by atoms with Gasteiger partial charge >= 0.3 is 0 Å². The summed E-state index contributed by atoms with van der Waals surface area (Å²) >= 11 is 3.48. The molecule has 0 aliphatic carbocycles. The lowest BCUT2D eigenvalue weighted by Crippen LogP contribution is -2.09. The molecular weight excluding hydrogens is 332 g/mol. The third-order valence-electron chi connectivity index (χ3n) is 3.23. The fraction of sp³-hybridized carbons (Fsp3) is 0.200. The summed E-state index contributed by atoms with van der Waals surface area (Å²) < 4.78 is 6.53. The number of pyridine rings is 1. The minimum atomic E-state index is -0.0921. The number of nitrogen functional groups attached to an aromatic ring is 1. The topological polar surface area (TPSA) is 77.0 Å². The molecule has 0 bridgehead atoms. The fourth-order valence-corrected chi connectivity index (χ4v) is 2.55. The number of aryl methyl sites for hydroxylation is 1. The van der Waals surface area contributed by atoms with Gasteiger partial charge in [0.1, 0.15) is 11.8 Å². The number of fused-ring (bicyclic) bond motifs is 1. The van der Waals surface area contributed by atoms with Gasteiger partial charge in [0.15, 0.2) is 0 Å². The predicted molar refractivity (Wildman–Crippen MR) is 87.1 cm³/mol. The fourth-order valence-electron chi connectivity index (χ4n) is 2.19. The Balaban J connectivity index is 2.03. The smallest absolute Gasteiger partial charge is 0.216 e. The Kier molecular flexibility index (Phi) is 3.55. The van der Waals surface area contributed by atoms with Crippen LogP contribution in [0.5, 0.6) is 0 Å². The quantitative estimate of drug-likeness (QED) is 0.747. The molecule has 2 heterocycles. The van der Waals surface area contributed by atoms with Gasteiger partial charge in [0.2, 0.25) is 5.89 Å². The van der Waals surface area contributed by atoms with Gasteiger partial charge in [-0.2, -0.15) is 0 Å². The molecule has 5 nitrogen and oxygen atoms in total. The van der Waals surface area contributed by atoms with E-state index in [2.05, 4.69) is 31.2 Å². The number of aromatic nitrogens is 2. The second kappa shape index (κ2) is 5.37. The number of oxazole rings is 1. The molecule has 3 rings (SSSR count). The summed E-state index contributed by atoms with van der Waals surface area (Å²) in [4.78, 5) is 8.59. The second-order valence-electron chi connectivity index (χ2n) is 4.93. The van der Waals surface area contributed by atoms with Crippen LogP contribution in [-0.4, -0.2) is 9.97 Å². The molecule has 2 aromatic heterocycles. The van der Waals surface area contributed by atoms with Gasteiger partial charge in [-0.3, -0.25) is 4.98 Å². The SMILES string of the molecule is Cc1cnc(C(C)Nc2c(N)cnc3ccc(Br)cc23)o1. The van der Waals surface area contributed by atoms with Crippen LogP contribution in [0.15, 0.2) is 39.5 Å². The normalized spacial score (nSPS) is 12.5. The Morgan fingerprint density at radius 2 is 2.10 bits per heavy atom. The third kappa shape index (κ3) is 2.71. The van der Waals surface area contributed by atoms with Crippen LogP contribution in [-0.2, 0) is 0 Å². The summed E-state index contributed by atoms with van der Waals surface area (Å²) in [7, 11) is 0.